The molecule has 0 radical (unpaired) electrons. The highest BCUT2D eigenvalue weighted by atomic mass is 19.1. The largest absolute Gasteiger partial charge is 0.490 e. The molecular formula is C21H26FN3O3. The van der Waals surface area contributed by atoms with Crippen LogP contribution in [0.3, 0.4) is 0 Å². The Morgan fingerprint density at radius 3 is 2.43 bits per heavy atom. The summed E-state index contributed by atoms with van der Waals surface area (Å²) in [5, 5.41) is 8.30. The first-order valence-corrected chi connectivity index (χ1v) is 9.24. The fourth-order valence-electron chi connectivity index (χ4n) is 2.39. The Kier molecular flexibility index (Phi) is 8.27. The number of nitrogens with one attached hydrogen (secondary N) is 3. The molecule has 0 atom stereocenters. The van der Waals surface area contributed by atoms with Crippen molar-refractivity contribution in [3.8, 4) is 5.75 Å². The number of para-hydroxylation sites is 1. The molecule has 2 aromatic rings. The van der Waals surface area contributed by atoms with Crippen LogP contribution in [0.5, 0.6) is 5.75 Å². The Labute approximate surface area is 164 Å². The molecule has 0 saturated heterocycles. The van der Waals surface area contributed by atoms with Crippen molar-refractivity contribution in [2.24, 2.45) is 0 Å². The van der Waals surface area contributed by atoms with Crippen molar-refractivity contribution in [2.75, 3.05) is 13.2 Å². The Morgan fingerprint density at radius 2 is 1.75 bits per heavy atom. The highest BCUT2D eigenvalue weighted by Gasteiger charge is 2.06. The molecule has 2 aromatic carbocycles. The molecule has 0 bridgehead atoms. The molecule has 0 saturated carbocycles. The van der Waals surface area contributed by atoms with E-state index in [-0.39, 0.29) is 23.7 Å². The lowest BCUT2D eigenvalue weighted by atomic mass is 10.1. The number of amides is 3. The maximum Gasteiger partial charge on any atom is 0.315 e. The summed E-state index contributed by atoms with van der Waals surface area (Å²) >= 11 is 0. The van der Waals surface area contributed by atoms with Crippen molar-refractivity contribution < 1.29 is 18.7 Å². The number of ether oxygens (including phenoxy) is 1. The summed E-state index contributed by atoms with van der Waals surface area (Å²) in [6.07, 6.45) is 0.563. The summed E-state index contributed by atoms with van der Waals surface area (Å²) in [5.74, 6) is -0.383. The zero-order valence-corrected chi connectivity index (χ0v) is 16.1. The van der Waals surface area contributed by atoms with Gasteiger partial charge in [0.1, 0.15) is 0 Å². The summed E-state index contributed by atoms with van der Waals surface area (Å²) in [4.78, 5) is 23.7. The molecule has 6 nitrogen and oxygen atoms in total. The highest BCUT2D eigenvalue weighted by molar-refractivity contribution is 5.94. The number of carbonyl (C=O) groups excluding carboxylic acids is 2. The van der Waals surface area contributed by atoms with Crippen LogP contribution in [0.25, 0.3) is 0 Å². The SMILES string of the molecule is CC(C)NC(=O)NCc1ccc(C(=O)NCCCOc2ccccc2F)cc1. The quantitative estimate of drug-likeness (QED) is 0.578. The predicted molar refractivity (Wildman–Crippen MR) is 106 cm³/mol. The molecule has 3 N–H and O–H groups in total. The van der Waals surface area contributed by atoms with Gasteiger partial charge in [0.2, 0.25) is 0 Å². The van der Waals surface area contributed by atoms with Gasteiger partial charge in [-0.25, -0.2) is 9.18 Å². The molecule has 28 heavy (non-hydrogen) atoms. The fraction of sp³-hybridized carbons (Fsp3) is 0.333. The van der Waals surface area contributed by atoms with E-state index in [1.807, 2.05) is 13.8 Å². The number of urea groups is 1. The molecule has 150 valence electrons. The van der Waals surface area contributed by atoms with E-state index in [1.54, 1.807) is 42.5 Å². The van der Waals surface area contributed by atoms with Gasteiger partial charge in [0.05, 0.1) is 6.61 Å². The number of halogens is 1. The van der Waals surface area contributed by atoms with Crippen LogP contribution in [-0.2, 0) is 6.54 Å². The summed E-state index contributed by atoms with van der Waals surface area (Å²) in [5.41, 5.74) is 1.43. The van der Waals surface area contributed by atoms with E-state index >= 15 is 0 Å². The van der Waals surface area contributed by atoms with Crippen LogP contribution in [0.2, 0.25) is 0 Å². The van der Waals surface area contributed by atoms with Crippen LogP contribution in [0.4, 0.5) is 9.18 Å². The molecule has 3 amide bonds. The molecular weight excluding hydrogens is 361 g/mol. The number of rotatable bonds is 9. The number of hydrogen-bond acceptors (Lipinski definition) is 3. The zero-order chi connectivity index (χ0) is 20.4. The third kappa shape index (κ3) is 7.26. The number of hydrogen-bond donors (Lipinski definition) is 3. The van der Waals surface area contributed by atoms with Crippen LogP contribution in [0, 0.1) is 5.82 Å². The molecule has 0 aliphatic heterocycles. The Morgan fingerprint density at radius 1 is 1.04 bits per heavy atom. The average Bonchev–Trinajstić information content (AvgIpc) is 2.67. The lowest BCUT2D eigenvalue weighted by Gasteiger charge is -2.10. The van der Waals surface area contributed by atoms with E-state index in [4.69, 9.17) is 4.74 Å². The smallest absolute Gasteiger partial charge is 0.315 e. The van der Waals surface area contributed by atoms with E-state index in [2.05, 4.69) is 16.0 Å². The fourth-order valence-corrected chi connectivity index (χ4v) is 2.39. The third-order valence-corrected chi connectivity index (χ3v) is 3.79. The first kappa shape index (κ1) is 21.2. The summed E-state index contributed by atoms with van der Waals surface area (Å²) in [7, 11) is 0. The standard InChI is InChI=1S/C21H26FN3O3/c1-15(2)25-21(27)24-14-16-8-10-17(11-9-16)20(26)23-12-5-13-28-19-7-4-3-6-18(19)22/h3-4,6-11,15H,5,12-14H2,1-2H3,(H,23,26)(H2,24,25,27). The van der Waals surface area contributed by atoms with Crippen LogP contribution in [0.15, 0.2) is 48.5 Å². The minimum absolute atomic E-state index is 0.0724. The van der Waals surface area contributed by atoms with Crippen molar-refractivity contribution in [2.45, 2.75) is 32.9 Å². The Balaban J connectivity index is 1.68. The summed E-state index contributed by atoms with van der Waals surface area (Å²) < 4.78 is 18.8. The second-order valence-electron chi connectivity index (χ2n) is 6.57. The zero-order valence-electron chi connectivity index (χ0n) is 16.1. The lowest BCUT2D eigenvalue weighted by molar-refractivity contribution is 0.0951. The van der Waals surface area contributed by atoms with Gasteiger partial charge in [-0.05, 0) is 50.1 Å². The summed E-state index contributed by atoms with van der Waals surface area (Å²) in [6.45, 7) is 4.89. The van der Waals surface area contributed by atoms with Gasteiger partial charge in [-0.15, -0.1) is 0 Å². The Hall–Kier alpha value is -3.09. The maximum absolute atomic E-state index is 13.4. The minimum atomic E-state index is -0.400. The predicted octanol–water partition coefficient (Wildman–Crippen LogP) is 3.23. The van der Waals surface area contributed by atoms with Crippen LogP contribution in [0.1, 0.15) is 36.2 Å². The maximum atomic E-state index is 13.4. The molecule has 0 heterocycles. The van der Waals surface area contributed by atoms with Gasteiger partial charge in [-0.1, -0.05) is 24.3 Å². The third-order valence-electron chi connectivity index (χ3n) is 3.79. The normalized spacial score (nSPS) is 10.4. The number of carbonyl (C=O) groups is 2. The molecule has 0 spiro atoms. The monoisotopic (exact) mass is 387 g/mol. The Bertz CT molecular complexity index is 779. The van der Waals surface area contributed by atoms with Crippen LogP contribution in [-0.4, -0.2) is 31.1 Å². The van der Waals surface area contributed by atoms with Crippen molar-refractivity contribution in [3.05, 3.63) is 65.5 Å². The van der Waals surface area contributed by atoms with Gasteiger partial charge >= 0.3 is 6.03 Å². The van der Waals surface area contributed by atoms with Gasteiger partial charge in [0.15, 0.2) is 11.6 Å². The summed E-state index contributed by atoms with van der Waals surface area (Å²) in [6, 6.07) is 13.1. The molecule has 2 rings (SSSR count). The van der Waals surface area contributed by atoms with Crippen molar-refractivity contribution in [3.63, 3.8) is 0 Å². The molecule has 0 unspecified atom stereocenters. The van der Waals surface area contributed by atoms with Crippen molar-refractivity contribution in [1.82, 2.24) is 16.0 Å². The molecule has 0 aliphatic rings. The van der Waals surface area contributed by atoms with E-state index in [9.17, 15) is 14.0 Å². The first-order valence-electron chi connectivity index (χ1n) is 9.24. The number of benzene rings is 2. The van der Waals surface area contributed by atoms with Gasteiger partial charge < -0.3 is 20.7 Å². The van der Waals surface area contributed by atoms with Crippen LogP contribution >= 0.6 is 0 Å². The van der Waals surface area contributed by atoms with Crippen molar-refractivity contribution >= 4 is 11.9 Å². The van der Waals surface area contributed by atoms with Gasteiger partial charge in [-0.3, -0.25) is 4.79 Å². The topological polar surface area (TPSA) is 79.5 Å². The van der Waals surface area contributed by atoms with Gasteiger partial charge in [0, 0.05) is 24.7 Å². The van der Waals surface area contributed by atoms with E-state index < -0.39 is 5.82 Å². The minimum Gasteiger partial charge on any atom is -0.490 e. The van der Waals surface area contributed by atoms with Gasteiger partial charge in [-0.2, -0.15) is 0 Å². The first-order chi connectivity index (χ1) is 13.5. The molecule has 0 fully saturated rings. The second kappa shape index (κ2) is 10.9. The van der Waals surface area contributed by atoms with Crippen LogP contribution < -0.4 is 20.7 Å². The van der Waals surface area contributed by atoms with E-state index in [0.29, 0.717) is 31.7 Å². The van der Waals surface area contributed by atoms with E-state index in [0.717, 1.165) is 5.56 Å². The lowest BCUT2D eigenvalue weighted by Crippen LogP contribution is -2.39. The van der Waals surface area contributed by atoms with Crippen molar-refractivity contribution in [1.29, 1.82) is 0 Å². The molecule has 7 heteroatoms. The van der Waals surface area contributed by atoms with Gasteiger partial charge in [0.25, 0.3) is 5.91 Å². The molecule has 0 aromatic heterocycles. The average molecular weight is 387 g/mol. The van der Waals surface area contributed by atoms with E-state index in [1.165, 1.54) is 6.07 Å². The highest BCUT2D eigenvalue weighted by Crippen LogP contribution is 2.15. The molecule has 0 aliphatic carbocycles. The second-order valence-corrected chi connectivity index (χ2v) is 6.57.